The summed E-state index contributed by atoms with van der Waals surface area (Å²) in [4.78, 5) is 6.54. The molecule has 2 heterocycles. The fourth-order valence-electron chi connectivity index (χ4n) is 1.93. The average molecular weight is 206 g/mol. The molecular weight excluding hydrogens is 188 g/mol. The summed E-state index contributed by atoms with van der Waals surface area (Å²) in [5, 5.41) is 0. The first-order chi connectivity index (χ1) is 7.24. The minimum Gasteiger partial charge on any atom is -0.487 e. The first-order valence-electron chi connectivity index (χ1n) is 5.52. The van der Waals surface area contributed by atoms with Crippen molar-refractivity contribution in [1.29, 1.82) is 0 Å². The molecule has 1 unspecified atom stereocenters. The zero-order valence-electron chi connectivity index (χ0n) is 9.44. The van der Waals surface area contributed by atoms with Crippen LogP contribution in [0.25, 0.3) is 0 Å². The Kier molecular flexibility index (Phi) is 3.21. The molecule has 0 saturated carbocycles. The molecule has 1 aromatic heterocycles. The lowest BCUT2D eigenvalue weighted by atomic mass is 10.1. The number of aryl methyl sites for hydroxylation is 1. The van der Waals surface area contributed by atoms with Gasteiger partial charge in [0.05, 0.1) is 6.20 Å². The van der Waals surface area contributed by atoms with Crippen LogP contribution < -0.4 is 4.74 Å². The monoisotopic (exact) mass is 206 g/mol. The van der Waals surface area contributed by atoms with Crippen LogP contribution in [0.4, 0.5) is 0 Å². The smallest absolute Gasteiger partial charge is 0.138 e. The molecule has 0 amide bonds. The Morgan fingerprint density at radius 3 is 3.00 bits per heavy atom. The molecule has 1 fully saturated rings. The van der Waals surface area contributed by atoms with Gasteiger partial charge in [0.25, 0.3) is 0 Å². The van der Waals surface area contributed by atoms with Crippen LogP contribution in [0.2, 0.25) is 0 Å². The van der Waals surface area contributed by atoms with Gasteiger partial charge < -0.3 is 9.64 Å². The van der Waals surface area contributed by atoms with Crippen molar-refractivity contribution in [1.82, 2.24) is 9.88 Å². The highest BCUT2D eigenvalue weighted by Gasteiger charge is 2.18. The lowest BCUT2D eigenvalue weighted by molar-refractivity contribution is 0.104. The second-order valence-electron chi connectivity index (χ2n) is 4.28. The SMILES string of the molecule is Cc1ccc(OC2CCCN(C)C2)cn1. The summed E-state index contributed by atoms with van der Waals surface area (Å²) < 4.78 is 5.88. The van der Waals surface area contributed by atoms with E-state index in [1.807, 2.05) is 25.3 Å². The van der Waals surface area contributed by atoms with Crippen LogP contribution in [0.15, 0.2) is 18.3 Å². The van der Waals surface area contributed by atoms with Crippen molar-refractivity contribution in [3.05, 3.63) is 24.0 Å². The number of likely N-dealkylation sites (tertiary alicyclic amines) is 1. The molecule has 82 valence electrons. The van der Waals surface area contributed by atoms with Crippen LogP contribution in [0, 0.1) is 6.92 Å². The van der Waals surface area contributed by atoms with Gasteiger partial charge in [-0.05, 0) is 45.5 Å². The van der Waals surface area contributed by atoms with Gasteiger partial charge in [0, 0.05) is 12.2 Å². The second kappa shape index (κ2) is 4.62. The van der Waals surface area contributed by atoms with E-state index in [0.717, 1.165) is 24.4 Å². The quantitative estimate of drug-likeness (QED) is 0.738. The second-order valence-corrected chi connectivity index (χ2v) is 4.28. The van der Waals surface area contributed by atoms with E-state index in [1.165, 1.54) is 13.0 Å². The maximum Gasteiger partial charge on any atom is 0.138 e. The number of nitrogens with zero attached hydrogens (tertiary/aromatic N) is 2. The summed E-state index contributed by atoms with van der Waals surface area (Å²) >= 11 is 0. The van der Waals surface area contributed by atoms with Crippen LogP contribution in [0.1, 0.15) is 18.5 Å². The summed E-state index contributed by atoms with van der Waals surface area (Å²) in [6.45, 7) is 4.19. The first kappa shape index (κ1) is 10.4. The van der Waals surface area contributed by atoms with Crippen LogP contribution in [0.3, 0.4) is 0 Å². The molecule has 0 radical (unpaired) electrons. The number of rotatable bonds is 2. The zero-order chi connectivity index (χ0) is 10.7. The number of likely N-dealkylation sites (N-methyl/N-ethyl adjacent to an activating group) is 1. The van der Waals surface area contributed by atoms with Crippen molar-refractivity contribution in [2.75, 3.05) is 20.1 Å². The van der Waals surface area contributed by atoms with E-state index in [0.29, 0.717) is 6.10 Å². The average Bonchev–Trinajstić information content (AvgIpc) is 2.22. The molecule has 0 bridgehead atoms. The van der Waals surface area contributed by atoms with Crippen molar-refractivity contribution in [2.24, 2.45) is 0 Å². The van der Waals surface area contributed by atoms with Gasteiger partial charge in [-0.25, -0.2) is 0 Å². The van der Waals surface area contributed by atoms with E-state index in [1.54, 1.807) is 0 Å². The van der Waals surface area contributed by atoms with E-state index < -0.39 is 0 Å². The summed E-state index contributed by atoms with van der Waals surface area (Å²) in [5.74, 6) is 0.890. The van der Waals surface area contributed by atoms with Crippen LogP contribution >= 0.6 is 0 Å². The van der Waals surface area contributed by atoms with Crippen molar-refractivity contribution in [3.8, 4) is 5.75 Å². The van der Waals surface area contributed by atoms with E-state index in [4.69, 9.17) is 4.74 Å². The van der Waals surface area contributed by atoms with Gasteiger partial charge in [0.15, 0.2) is 0 Å². The number of ether oxygens (including phenoxy) is 1. The molecule has 3 nitrogen and oxygen atoms in total. The molecule has 1 aliphatic heterocycles. The highest BCUT2D eigenvalue weighted by molar-refractivity contribution is 5.19. The fraction of sp³-hybridized carbons (Fsp3) is 0.583. The van der Waals surface area contributed by atoms with Crippen molar-refractivity contribution in [2.45, 2.75) is 25.9 Å². The Morgan fingerprint density at radius 1 is 1.47 bits per heavy atom. The summed E-state index contributed by atoms with van der Waals surface area (Å²) in [6, 6.07) is 3.98. The molecule has 1 aliphatic rings. The van der Waals surface area contributed by atoms with Crippen LogP contribution in [0.5, 0.6) is 5.75 Å². The minimum absolute atomic E-state index is 0.327. The van der Waals surface area contributed by atoms with Gasteiger partial charge in [-0.1, -0.05) is 0 Å². The molecule has 2 rings (SSSR count). The maximum absolute atomic E-state index is 5.88. The van der Waals surface area contributed by atoms with Crippen LogP contribution in [-0.4, -0.2) is 36.1 Å². The third kappa shape index (κ3) is 2.93. The van der Waals surface area contributed by atoms with Gasteiger partial charge in [0.1, 0.15) is 11.9 Å². The lowest BCUT2D eigenvalue weighted by Crippen LogP contribution is -2.38. The lowest BCUT2D eigenvalue weighted by Gasteiger charge is -2.29. The zero-order valence-corrected chi connectivity index (χ0v) is 9.44. The minimum atomic E-state index is 0.327. The number of aromatic nitrogens is 1. The Morgan fingerprint density at radius 2 is 2.33 bits per heavy atom. The van der Waals surface area contributed by atoms with E-state index in [9.17, 15) is 0 Å². The molecule has 3 heteroatoms. The molecule has 1 aromatic rings. The molecule has 0 spiro atoms. The normalized spacial score (nSPS) is 22.7. The third-order valence-corrected chi connectivity index (χ3v) is 2.77. The molecule has 0 aliphatic carbocycles. The van der Waals surface area contributed by atoms with E-state index in [2.05, 4.69) is 16.9 Å². The molecule has 0 aromatic carbocycles. The van der Waals surface area contributed by atoms with Crippen LogP contribution in [-0.2, 0) is 0 Å². The Hall–Kier alpha value is -1.09. The molecule has 0 N–H and O–H groups in total. The van der Waals surface area contributed by atoms with Gasteiger partial charge in [-0.3, -0.25) is 4.98 Å². The molecule has 1 saturated heterocycles. The number of pyridine rings is 1. The first-order valence-corrected chi connectivity index (χ1v) is 5.52. The Bertz CT molecular complexity index is 310. The largest absolute Gasteiger partial charge is 0.487 e. The summed E-state index contributed by atoms with van der Waals surface area (Å²) in [5.41, 5.74) is 1.03. The Labute approximate surface area is 91.1 Å². The predicted octanol–water partition coefficient (Wildman–Crippen LogP) is 1.86. The topological polar surface area (TPSA) is 25.4 Å². The Balaban J connectivity index is 1.93. The van der Waals surface area contributed by atoms with Gasteiger partial charge in [-0.15, -0.1) is 0 Å². The summed E-state index contributed by atoms with van der Waals surface area (Å²) in [6.07, 6.45) is 4.51. The predicted molar refractivity (Wildman–Crippen MR) is 60.1 cm³/mol. The van der Waals surface area contributed by atoms with Gasteiger partial charge in [0.2, 0.25) is 0 Å². The number of hydrogen-bond acceptors (Lipinski definition) is 3. The molecule has 1 atom stereocenters. The maximum atomic E-state index is 5.88. The highest BCUT2D eigenvalue weighted by Crippen LogP contribution is 2.16. The highest BCUT2D eigenvalue weighted by atomic mass is 16.5. The third-order valence-electron chi connectivity index (χ3n) is 2.77. The molecular formula is C12H18N2O. The van der Waals surface area contributed by atoms with Gasteiger partial charge >= 0.3 is 0 Å². The standard InChI is InChI=1S/C12H18N2O/c1-10-5-6-11(8-13-10)15-12-4-3-7-14(2)9-12/h5-6,8,12H,3-4,7,9H2,1-2H3. The van der Waals surface area contributed by atoms with Gasteiger partial charge in [-0.2, -0.15) is 0 Å². The van der Waals surface area contributed by atoms with Crippen molar-refractivity contribution < 1.29 is 4.74 Å². The summed E-state index contributed by atoms with van der Waals surface area (Å²) in [7, 11) is 2.14. The fourth-order valence-corrected chi connectivity index (χ4v) is 1.93. The molecule has 15 heavy (non-hydrogen) atoms. The van der Waals surface area contributed by atoms with E-state index >= 15 is 0 Å². The number of hydrogen-bond donors (Lipinski definition) is 0. The van der Waals surface area contributed by atoms with Crippen molar-refractivity contribution >= 4 is 0 Å². The van der Waals surface area contributed by atoms with Crippen molar-refractivity contribution in [3.63, 3.8) is 0 Å². The van der Waals surface area contributed by atoms with E-state index in [-0.39, 0.29) is 0 Å². The number of piperidine rings is 1.